The maximum atomic E-state index is 12.5. The number of benzene rings is 1. The van der Waals surface area contributed by atoms with Gasteiger partial charge in [-0.05, 0) is 40.7 Å². The summed E-state index contributed by atoms with van der Waals surface area (Å²) in [6, 6.07) is 10.4. The molecule has 2 heterocycles. The van der Waals surface area contributed by atoms with E-state index in [-0.39, 0.29) is 30.2 Å². The summed E-state index contributed by atoms with van der Waals surface area (Å²) in [5, 5.41) is 0. The molecule has 0 spiro atoms. The lowest BCUT2D eigenvalue weighted by molar-refractivity contribution is -0.132. The number of carbonyl (C=O) groups excluding carboxylic acids is 2. The second-order valence-electron chi connectivity index (χ2n) is 7.74. The van der Waals surface area contributed by atoms with Gasteiger partial charge in [-0.15, -0.1) is 6.58 Å². The van der Waals surface area contributed by atoms with Crippen molar-refractivity contribution in [2.24, 2.45) is 5.92 Å². The quantitative estimate of drug-likeness (QED) is 0.721. The first-order valence-corrected chi connectivity index (χ1v) is 9.74. The van der Waals surface area contributed by atoms with Gasteiger partial charge in [0, 0.05) is 12.0 Å². The third-order valence-electron chi connectivity index (χ3n) is 5.35. The fraction of sp³-hybridized carbons (Fsp3) is 0.545. The van der Waals surface area contributed by atoms with E-state index in [4.69, 9.17) is 9.47 Å². The summed E-state index contributed by atoms with van der Waals surface area (Å²) in [6.45, 7) is 11.0. The summed E-state index contributed by atoms with van der Waals surface area (Å²) < 4.78 is 10.6. The van der Waals surface area contributed by atoms with Gasteiger partial charge in [0.2, 0.25) is 5.91 Å². The summed E-state index contributed by atoms with van der Waals surface area (Å²) in [7, 11) is 2.00. The Bertz CT molecular complexity index is 674. The van der Waals surface area contributed by atoms with Gasteiger partial charge in [-0.1, -0.05) is 42.0 Å². The average Bonchev–Trinajstić information content (AvgIpc) is 3.20. The highest BCUT2D eigenvalue weighted by molar-refractivity contribution is 5.94. The lowest BCUT2D eigenvalue weighted by Crippen LogP contribution is -2.43. The Morgan fingerprint density at radius 3 is 2.46 bits per heavy atom. The number of amides is 2. The highest BCUT2D eigenvalue weighted by Crippen LogP contribution is 2.30. The number of imide groups is 1. The van der Waals surface area contributed by atoms with Crippen molar-refractivity contribution in [1.82, 2.24) is 9.80 Å². The Labute approximate surface area is 168 Å². The summed E-state index contributed by atoms with van der Waals surface area (Å²) >= 11 is 0. The third-order valence-corrected chi connectivity index (χ3v) is 5.35. The third kappa shape index (κ3) is 5.66. The molecule has 0 radical (unpaired) electrons. The largest absolute Gasteiger partial charge is 0.447 e. The SMILES string of the molecule is C=CCC(CC1COC(C)(C)N1C)C(=O)N1CCOC1=O.Cc1ccccc1. The van der Waals surface area contributed by atoms with E-state index in [1.54, 1.807) is 6.08 Å². The lowest BCUT2D eigenvalue weighted by atomic mass is 9.94. The first kappa shape index (κ1) is 22.1. The summed E-state index contributed by atoms with van der Waals surface area (Å²) in [5.41, 5.74) is 1.00. The van der Waals surface area contributed by atoms with Gasteiger partial charge in [0.05, 0.1) is 13.2 Å². The number of rotatable bonds is 5. The van der Waals surface area contributed by atoms with Crippen LogP contribution in [0.5, 0.6) is 0 Å². The van der Waals surface area contributed by atoms with Gasteiger partial charge >= 0.3 is 6.09 Å². The van der Waals surface area contributed by atoms with Crippen LogP contribution in [0.4, 0.5) is 4.79 Å². The van der Waals surface area contributed by atoms with Crippen molar-refractivity contribution in [3.05, 3.63) is 48.6 Å². The minimum absolute atomic E-state index is 0.160. The zero-order chi connectivity index (χ0) is 20.7. The van der Waals surface area contributed by atoms with E-state index in [0.717, 1.165) is 0 Å². The van der Waals surface area contributed by atoms with Crippen molar-refractivity contribution in [3.8, 4) is 0 Å². The standard InChI is InChI=1S/C15H24N2O4.C7H8/c1-5-6-11(13(18)17-7-8-20-14(17)19)9-12-10-21-15(2,3)16(12)4;1-7-5-3-2-4-6-7/h5,11-12H,1,6-10H2,2-4H3;2-6H,1H3. The highest BCUT2D eigenvalue weighted by atomic mass is 16.6. The van der Waals surface area contributed by atoms with Crippen LogP contribution in [0, 0.1) is 12.8 Å². The number of aryl methyl sites for hydroxylation is 1. The van der Waals surface area contributed by atoms with Crippen molar-refractivity contribution in [2.75, 3.05) is 26.8 Å². The van der Waals surface area contributed by atoms with Crippen LogP contribution >= 0.6 is 0 Å². The molecule has 0 aromatic heterocycles. The lowest BCUT2D eigenvalue weighted by Gasteiger charge is -2.31. The highest BCUT2D eigenvalue weighted by Gasteiger charge is 2.41. The van der Waals surface area contributed by atoms with Crippen molar-refractivity contribution in [2.45, 2.75) is 45.4 Å². The molecule has 0 N–H and O–H groups in total. The molecule has 2 atom stereocenters. The minimum atomic E-state index is -0.537. The molecule has 1 aromatic rings. The number of carbonyl (C=O) groups is 2. The molecule has 0 aliphatic carbocycles. The smallest absolute Gasteiger partial charge is 0.416 e. The van der Waals surface area contributed by atoms with Gasteiger partial charge in [-0.25, -0.2) is 9.69 Å². The topological polar surface area (TPSA) is 59.1 Å². The fourth-order valence-corrected chi connectivity index (χ4v) is 3.36. The van der Waals surface area contributed by atoms with Crippen LogP contribution in [0.25, 0.3) is 0 Å². The molecule has 2 fully saturated rings. The normalized spacial score (nSPS) is 22.2. The average molecular weight is 389 g/mol. The molecular weight excluding hydrogens is 356 g/mol. The van der Waals surface area contributed by atoms with Crippen LogP contribution in [-0.2, 0) is 14.3 Å². The number of likely N-dealkylation sites (N-methyl/N-ethyl adjacent to an activating group) is 1. The van der Waals surface area contributed by atoms with E-state index in [9.17, 15) is 9.59 Å². The van der Waals surface area contributed by atoms with Crippen LogP contribution in [-0.4, -0.2) is 60.4 Å². The molecule has 6 heteroatoms. The van der Waals surface area contributed by atoms with Gasteiger partial charge in [-0.3, -0.25) is 9.69 Å². The molecule has 2 aliphatic rings. The molecule has 2 unspecified atom stereocenters. The number of ether oxygens (including phenoxy) is 2. The number of nitrogens with zero attached hydrogens (tertiary/aromatic N) is 2. The van der Waals surface area contributed by atoms with Crippen LogP contribution in [0.1, 0.15) is 32.3 Å². The van der Waals surface area contributed by atoms with Crippen LogP contribution < -0.4 is 0 Å². The minimum Gasteiger partial charge on any atom is -0.447 e. The molecule has 3 rings (SSSR count). The first-order valence-electron chi connectivity index (χ1n) is 9.74. The van der Waals surface area contributed by atoms with E-state index in [1.807, 2.05) is 39.1 Å². The Morgan fingerprint density at radius 2 is 2.04 bits per heavy atom. The van der Waals surface area contributed by atoms with Crippen LogP contribution in [0.2, 0.25) is 0 Å². The molecule has 28 heavy (non-hydrogen) atoms. The van der Waals surface area contributed by atoms with E-state index < -0.39 is 6.09 Å². The molecule has 154 valence electrons. The van der Waals surface area contributed by atoms with Gasteiger partial charge in [0.25, 0.3) is 0 Å². The molecule has 2 aliphatic heterocycles. The van der Waals surface area contributed by atoms with E-state index in [1.165, 1.54) is 10.5 Å². The Kier molecular flexibility index (Phi) is 7.78. The predicted molar refractivity (Wildman–Crippen MR) is 109 cm³/mol. The molecule has 0 bridgehead atoms. The van der Waals surface area contributed by atoms with E-state index >= 15 is 0 Å². The maximum absolute atomic E-state index is 12.5. The summed E-state index contributed by atoms with van der Waals surface area (Å²) in [6.07, 6.45) is 2.39. The van der Waals surface area contributed by atoms with Crippen LogP contribution in [0.15, 0.2) is 43.0 Å². The number of cyclic esters (lactones) is 1. The second kappa shape index (κ2) is 9.85. The second-order valence-corrected chi connectivity index (χ2v) is 7.74. The number of allylic oxidation sites excluding steroid dienone is 1. The fourth-order valence-electron chi connectivity index (χ4n) is 3.36. The van der Waals surface area contributed by atoms with E-state index in [0.29, 0.717) is 26.0 Å². The van der Waals surface area contributed by atoms with Crippen molar-refractivity contribution >= 4 is 12.0 Å². The summed E-state index contributed by atoms with van der Waals surface area (Å²) in [5.74, 6) is -0.436. The Morgan fingerprint density at radius 1 is 1.36 bits per heavy atom. The number of hydrogen-bond donors (Lipinski definition) is 0. The van der Waals surface area contributed by atoms with Crippen LogP contribution in [0.3, 0.4) is 0 Å². The molecule has 0 saturated carbocycles. The monoisotopic (exact) mass is 388 g/mol. The van der Waals surface area contributed by atoms with Gasteiger partial charge in [0.15, 0.2) is 0 Å². The van der Waals surface area contributed by atoms with Crippen molar-refractivity contribution in [1.29, 1.82) is 0 Å². The molecule has 6 nitrogen and oxygen atoms in total. The zero-order valence-corrected chi connectivity index (χ0v) is 17.4. The Hall–Kier alpha value is -2.18. The van der Waals surface area contributed by atoms with Crippen molar-refractivity contribution in [3.63, 3.8) is 0 Å². The maximum Gasteiger partial charge on any atom is 0.416 e. The zero-order valence-electron chi connectivity index (χ0n) is 17.4. The van der Waals surface area contributed by atoms with Crippen molar-refractivity contribution < 1.29 is 19.1 Å². The predicted octanol–water partition coefficient (Wildman–Crippen LogP) is 3.61. The number of hydrogen-bond acceptors (Lipinski definition) is 5. The summed E-state index contributed by atoms with van der Waals surface area (Å²) in [4.78, 5) is 27.4. The van der Waals surface area contributed by atoms with Gasteiger partial charge < -0.3 is 9.47 Å². The first-order chi connectivity index (χ1) is 13.3. The van der Waals surface area contributed by atoms with Gasteiger partial charge in [-0.2, -0.15) is 0 Å². The molecule has 2 saturated heterocycles. The molecular formula is C22H32N2O4. The van der Waals surface area contributed by atoms with E-state index in [2.05, 4.69) is 30.5 Å². The molecule has 2 amide bonds. The Balaban J connectivity index is 0.000000336. The molecule has 1 aromatic carbocycles. The van der Waals surface area contributed by atoms with Gasteiger partial charge in [0.1, 0.15) is 12.3 Å².